The predicted molar refractivity (Wildman–Crippen MR) is 117 cm³/mol. The second-order valence-corrected chi connectivity index (χ2v) is 8.65. The quantitative estimate of drug-likeness (QED) is 0.721. The fraction of sp³-hybridized carbons (Fsp3) is 0.391. The van der Waals surface area contributed by atoms with E-state index in [1.165, 1.54) is 0 Å². The summed E-state index contributed by atoms with van der Waals surface area (Å²) in [4.78, 5) is 27.5. The van der Waals surface area contributed by atoms with E-state index < -0.39 is 6.04 Å². The van der Waals surface area contributed by atoms with Crippen molar-refractivity contribution in [2.24, 2.45) is 5.92 Å². The lowest BCUT2D eigenvalue weighted by Crippen LogP contribution is -2.53. The number of amides is 2. The van der Waals surface area contributed by atoms with Gasteiger partial charge in [0.25, 0.3) is 0 Å². The fourth-order valence-corrected chi connectivity index (χ4v) is 4.08. The van der Waals surface area contributed by atoms with Gasteiger partial charge in [0.15, 0.2) is 0 Å². The molecule has 2 aromatic carbocycles. The first-order chi connectivity index (χ1) is 13.9. The van der Waals surface area contributed by atoms with E-state index in [4.69, 9.17) is 23.2 Å². The van der Waals surface area contributed by atoms with Crippen molar-refractivity contribution in [1.82, 2.24) is 10.2 Å². The van der Waals surface area contributed by atoms with Gasteiger partial charge in [-0.05, 0) is 35.1 Å². The zero-order valence-corrected chi connectivity index (χ0v) is 18.3. The number of rotatable bonds is 6. The summed E-state index contributed by atoms with van der Waals surface area (Å²) in [6.07, 6.45) is 1.54. The Morgan fingerprint density at radius 3 is 2.55 bits per heavy atom. The van der Waals surface area contributed by atoms with Gasteiger partial charge in [0, 0.05) is 25.9 Å². The highest BCUT2D eigenvalue weighted by atomic mass is 35.5. The molecule has 1 atom stereocenters. The third-order valence-corrected chi connectivity index (χ3v) is 6.04. The molecule has 0 saturated carbocycles. The van der Waals surface area contributed by atoms with E-state index >= 15 is 0 Å². The monoisotopic (exact) mass is 432 g/mol. The molecule has 0 aromatic heterocycles. The molecular formula is C23H26Cl2N2O2. The summed E-state index contributed by atoms with van der Waals surface area (Å²) in [5, 5.41) is 4.00. The van der Waals surface area contributed by atoms with Gasteiger partial charge in [-0.15, -0.1) is 0 Å². The standard InChI is InChI=1S/C23H26Cl2N2O2/c1-15(2)12-21(28)27-14-18-7-4-3-6-17(18)13-20(27)23(29)26-11-10-16-8-5-9-19(24)22(16)25/h3-9,15,20H,10-14H2,1-2H3,(H,26,29). The zero-order chi connectivity index (χ0) is 21.0. The largest absolute Gasteiger partial charge is 0.354 e. The zero-order valence-electron chi connectivity index (χ0n) is 16.8. The number of fused-ring (bicyclic) bond motifs is 1. The molecule has 0 radical (unpaired) electrons. The Kier molecular flexibility index (Phi) is 7.20. The van der Waals surface area contributed by atoms with Gasteiger partial charge < -0.3 is 10.2 Å². The molecule has 1 heterocycles. The molecule has 6 heteroatoms. The summed E-state index contributed by atoms with van der Waals surface area (Å²) in [6, 6.07) is 13.0. The molecule has 0 spiro atoms. The molecule has 2 aromatic rings. The number of halogens is 2. The van der Waals surface area contributed by atoms with Gasteiger partial charge in [-0.3, -0.25) is 9.59 Å². The maximum absolute atomic E-state index is 13.0. The number of nitrogens with one attached hydrogen (secondary N) is 1. The van der Waals surface area contributed by atoms with Crippen LogP contribution >= 0.6 is 23.2 Å². The van der Waals surface area contributed by atoms with Crippen LogP contribution in [0.5, 0.6) is 0 Å². The number of nitrogens with zero attached hydrogens (tertiary/aromatic N) is 1. The second-order valence-electron chi connectivity index (χ2n) is 7.86. The third-order valence-electron chi connectivity index (χ3n) is 5.18. The van der Waals surface area contributed by atoms with Crippen molar-refractivity contribution in [3.63, 3.8) is 0 Å². The van der Waals surface area contributed by atoms with Crippen molar-refractivity contribution in [2.45, 2.75) is 45.7 Å². The van der Waals surface area contributed by atoms with Crippen LogP contribution in [0.15, 0.2) is 42.5 Å². The van der Waals surface area contributed by atoms with Gasteiger partial charge in [0.05, 0.1) is 10.0 Å². The number of hydrogen-bond acceptors (Lipinski definition) is 2. The SMILES string of the molecule is CC(C)CC(=O)N1Cc2ccccc2CC1C(=O)NCCc1cccc(Cl)c1Cl. The normalized spacial score (nSPS) is 15.9. The topological polar surface area (TPSA) is 49.4 Å². The van der Waals surface area contributed by atoms with Crippen molar-refractivity contribution < 1.29 is 9.59 Å². The molecule has 0 bridgehead atoms. The molecule has 29 heavy (non-hydrogen) atoms. The molecule has 0 saturated heterocycles. The Labute approximate surface area is 182 Å². The highest BCUT2D eigenvalue weighted by Crippen LogP contribution is 2.26. The minimum Gasteiger partial charge on any atom is -0.354 e. The Morgan fingerprint density at radius 1 is 1.10 bits per heavy atom. The average Bonchev–Trinajstić information content (AvgIpc) is 2.69. The van der Waals surface area contributed by atoms with E-state index in [-0.39, 0.29) is 17.7 Å². The summed E-state index contributed by atoms with van der Waals surface area (Å²) >= 11 is 12.3. The molecule has 0 aliphatic carbocycles. The Bertz CT molecular complexity index is 898. The van der Waals surface area contributed by atoms with Crippen LogP contribution in [0.2, 0.25) is 10.0 Å². The molecular weight excluding hydrogens is 407 g/mol. The van der Waals surface area contributed by atoms with Crippen LogP contribution in [-0.4, -0.2) is 29.3 Å². The molecule has 154 valence electrons. The van der Waals surface area contributed by atoms with Crippen molar-refractivity contribution in [1.29, 1.82) is 0 Å². The van der Waals surface area contributed by atoms with E-state index in [0.717, 1.165) is 16.7 Å². The molecule has 0 fully saturated rings. The summed E-state index contributed by atoms with van der Waals surface area (Å²) in [5.41, 5.74) is 3.12. The molecule has 1 aliphatic heterocycles. The number of carbonyl (C=O) groups is 2. The molecule has 1 N–H and O–H groups in total. The number of hydrogen-bond donors (Lipinski definition) is 1. The first-order valence-corrected chi connectivity index (χ1v) is 10.7. The molecule has 4 nitrogen and oxygen atoms in total. The molecule has 1 aliphatic rings. The predicted octanol–water partition coefficient (Wildman–Crippen LogP) is 4.65. The Balaban J connectivity index is 1.70. The maximum atomic E-state index is 13.0. The van der Waals surface area contributed by atoms with Crippen molar-refractivity contribution >= 4 is 35.0 Å². The van der Waals surface area contributed by atoms with Gasteiger partial charge in [-0.1, -0.05) is 73.4 Å². The van der Waals surface area contributed by atoms with Crippen LogP contribution in [0.3, 0.4) is 0 Å². The second kappa shape index (κ2) is 9.64. The first kappa shape index (κ1) is 21.7. The van der Waals surface area contributed by atoms with E-state index in [1.807, 2.05) is 50.2 Å². The maximum Gasteiger partial charge on any atom is 0.243 e. The van der Waals surface area contributed by atoms with Crippen LogP contribution in [-0.2, 0) is 29.0 Å². The molecule has 2 amide bonds. The number of benzene rings is 2. The Morgan fingerprint density at radius 2 is 1.83 bits per heavy atom. The van der Waals surface area contributed by atoms with Gasteiger partial charge in [-0.25, -0.2) is 0 Å². The van der Waals surface area contributed by atoms with Gasteiger partial charge >= 0.3 is 0 Å². The fourth-order valence-electron chi connectivity index (χ4n) is 3.67. The van der Waals surface area contributed by atoms with Crippen LogP contribution in [0.25, 0.3) is 0 Å². The van der Waals surface area contributed by atoms with E-state index in [9.17, 15) is 9.59 Å². The highest BCUT2D eigenvalue weighted by molar-refractivity contribution is 6.42. The lowest BCUT2D eigenvalue weighted by molar-refractivity contribution is -0.142. The van der Waals surface area contributed by atoms with E-state index in [0.29, 0.717) is 42.4 Å². The van der Waals surface area contributed by atoms with Crippen molar-refractivity contribution in [3.05, 3.63) is 69.2 Å². The Hall–Kier alpha value is -2.04. The smallest absolute Gasteiger partial charge is 0.243 e. The van der Waals surface area contributed by atoms with Crippen LogP contribution in [0.1, 0.15) is 37.0 Å². The summed E-state index contributed by atoms with van der Waals surface area (Å²) in [6.45, 7) is 4.93. The lowest BCUT2D eigenvalue weighted by Gasteiger charge is -2.36. The lowest BCUT2D eigenvalue weighted by atomic mass is 9.92. The van der Waals surface area contributed by atoms with Crippen molar-refractivity contribution in [2.75, 3.05) is 6.54 Å². The van der Waals surface area contributed by atoms with Crippen molar-refractivity contribution in [3.8, 4) is 0 Å². The van der Waals surface area contributed by atoms with E-state index in [2.05, 4.69) is 5.32 Å². The summed E-state index contributed by atoms with van der Waals surface area (Å²) < 4.78 is 0. The minimum absolute atomic E-state index is 0.0209. The number of carbonyl (C=O) groups excluding carboxylic acids is 2. The summed E-state index contributed by atoms with van der Waals surface area (Å²) in [5.74, 6) is 0.135. The minimum atomic E-state index is -0.494. The third kappa shape index (κ3) is 5.31. The first-order valence-electron chi connectivity index (χ1n) is 9.93. The van der Waals surface area contributed by atoms with Crippen LogP contribution in [0, 0.1) is 5.92 Å². The van der Waals surface area contributed by atoms with Gasteiger partial charge in [0.1, 0.15) is 6.04 Å². The van der Waals surface area contributed by atoms with E-state index in [1.54, 1.807) is 11.0 Å². The average molecular weight is 433 g/mol. The molecule has 1 unspecified atom stereocenters. The van der Waals surface area contributed by atoms with Gasteiger partial charge in [0.2, 0.25) is 11.8 Å². The molecule has 3 rings (SSSR count). The van der Waals surface area contributed by atoms with Crippen LogP contribution < -0.4 is 5.32 Å². The van der Waals surface area contributed by atoms with Gasteiger partial charge in [-0.2, -0.15) is 0 Å². The highest BCUT2D eigenvalue weighted by Gasteiger charge is 2.34. The summed E-state index contributed by atoms with van der Waals surface area (Å²) in [7, 11) is 0. The van der Waals surface area contributed by atoms with Crippen LogP contribution in [0.4, 0.5) is 0 Å².